The highest BCUT2D eigenvalue weighted by Crippen LogP contribution is 2.14. The van der Waals surface area contributed by atoms with Crippen molar-refractivity contribution in [2.75, 3.05) is 0 Å². The molecule has 1 aliphatic rings. The second-order valence-electron chi connectivity index (χ2n) is 3.01. The highest BCUT2D eigenvalue weighted by molar-refractivity contribution is 5.11. The van der Waals surface area contributed by atoms with Crippen LogP contribution in [0.3, 0.4) is 0 Å². The SMILES string of the molecule is NCc1cc2n(n1)CCCC2. The Labute approximate surface area is 66.2 Å². The zero-order valence-electron chi connectivity index (χ0n) is 6.58. The van der Waals surface area contributed by atoms with Crippen LogP contribution in [0.4, 0.5) is 0 Å². The fourth-order valence-corrected chi connectivity index (χ4v) is 1.58. The second-order valence-corrected chi connectivity index (χ2v) is 3.01. The van der Waals surface area contributed by atoms with Crippen molar-refractivity contribution in [3.8, 4) is 0 Å². The van der Waals surface area contributed by atoms with Crippen molar-refractivity contribution in [1.29, 1.82) is 0 Å². The van der Waals surface area contributed by atoms with Gasteiger partial charge >= 0.3 is 0 Å². The summed E-state index contributed by atoms with van der Waals surface area (Å²) in [5, 5.41) is 4.36. The summed E-state index contributed by atoms with van der Waals surface area (Å²) >= 11 is 0. The van der Waals surface area contributed by atoms with E-state index in [1.54, 1.807) is 0 Å². The lowest BCUT2D eigenvalue weighted by Crippen LogP contribution is -2.10. The molecule has 1 aromatic rings. The summed E-state index contributed by atoms with van der Waals surface area (Å²) in [5.41, 5.74) is 7.87. The van der Waals surface area contributed by atoms with Crippen LogP contribution in [0.2, 0.25) is 0 Å². The fourth-order valence-electron chi connectivity index (χ4n) is 1.58. The van der Waals surface area contributed by atoms with Crippen molar-refractivity contribution < 1.29 is 0 Å². The third-order valence-corrected chi connectivity index (χ3v) is 2.18. The molecule has 1 aromatic heterocycles. The molecule has 3 heteroatoms. The van der Waals surface area contributed by atoms with Gasteiger partial charge in [-0.25, -0.2) is 0 Å². The van der Waals surface area contributed by atoms with E-state index in [1.807, 2.05) is 0 Å². The third kappa shape index (κ3) is 1.16. The smallest absolute Gasteiger partial charge is 0.0763 e. The van der Waals surface area contributed by atoms with Gasteiger partial charge in [-0.1, -0.05) is 0 Å². The minimum atomic E-state index is 0.569. The number of hydrogen-bond acceptors (Lipinski definition) is 2. The molecule has 0 aliphatic carbocycles. The van der Waals surface area contributed by atoms with E-state index in [4.69, 9.17) is 5.73 Å². The molecule has 0 aromatic carbocycles. The van der Waals surface area contributed by atoms with Gasteiger partial charge in [0.1, 0.15) is 0 Å². The first-order valence-corrected chi connectivity index (χ1v) is 4.16. The van der Waals surface area contributed by atoms with E-state index < -0.39 is 0 Å². The maximum atomic E-state index is 5.49. The van der Waals surface area contributed by atoms with Crippen LogP contribution in [-0.4, -0.2) is 9.78 Å². The monoisotopic (exact) mass is 151 g/mol. The summed E-state index contributed by atoms with van der Waals surface area (Å²) in [4.78, 5) is 0. The molecule has 2 rings (SSSR count). The van der Waals surface area contributed by atoms with Crippen LogP contribution in [0.15, 0.2) is 6.07 Å². The molecule has 0 bridgehead atoms. The zero-order chi connectivity index (χ0) is 7.68. The van der Waals surface area contributed by atoms with Gasteiger partial charge in [0.05, 0.1) is 5.69 Å². The molecule has 11 heavy (non-hydrogen) atoms. The molecule has 0 fully saturated rings. The first kappa shape index (κ1) is 6.85. The van der Waals surface area contributed by atoms with Crippen LogP contribution in [0.5, 0.6) is 0 Å². The minimum absolute atomic E-state index is 0.569. The van der Waals surface area contributed by atoms with Gasteiger partial charge in [0.15, 0.2) is 0 Å². The van der Waals surface area contributed by atoms with Gasteiger partial charge < -0.3 is 5.73 Å². The molecule has 60 valence electrons. The summed E-state index contributed by atoms with van der Waals surface area (Å²) in [5.74, 6) is 0. The number of nitrogens with two attached hydrogens (primary N) is 1. The number of rotatable bonds is 1. The first-order valence-electron chi connectivity index (χ1n) is 4.16. The van der Waals surface area contributed by atoms with E-state index in [1.165, 1.54) is 25.0 Å². The molecular weight excluding hydrogens is 138 g/mol. The van der Waals surface area contributed by atoms with E-state index in [9.17, 15) is 0 Å². The Balaban J connectivity index is 2.32. The van der Waals surface area contributed by atoms with E-state index in [0.29, 0.717) is 6.54 Å². The number of aryl methyl sites for hydroxylation is 2. The van der Waals surface area contributed by atoms with Crippen molar-refractivity contribution in [1.82, 2.24) is 9.78 Å². The van der Waals surface area contributed by atoms with Crippen LogP contribution in [-0.2, 0) is 19.5 Å². The first-order chi connectivity index (χ1) is 5.40. The molecule has 3 nitrogen and oxygen atoms in total. The topological polar surface area (TPSA) is 43.8 Å². The maximum Gasteiger partial charge on any atom is 0.0763 e. The summed E-state index contributed by atoms with van der Waals surface area (Å²) in [6.45, 7) is 1.65. The van der Waals surface area contributed by atoms with E-state index in [-0.39, 0.29) is 0 Å². The summed E-state index contributed by atoms with van der Waals surface area (Å²) in [6, 6.07) is 2.12. The van der Waals surface area contributed by atoms with E-state index >= 15 is 0 Å². The maximum absolute atomic E-state index is 5.49. The van der Waals surface area contributed by atoms with Crippen LogP contribution in [0, 0.1) is 0 Å². The molecule has 0 atom stereocenters. The molecule has 0 radical (unpaired) electrons. The molecule has 0 spiro atoms. The van der Waals surface area contributed by atoms with E-state index in [0.717, 1.165) is 12.2 Å². The Kier molecular flexibility index (Phi) is 1.66. The number of aromatic nitrogens is 2. The van der Waals surface area contributed by atoms with Crippen molar-refractivity contribution in [3.05, 3.63) is 17.5 Å². The predicted molar refractivity (Wildman–Crippen MR) is 43.1 cm³/mol. The average molecular weight is 151 g/mol. The van der Waals surface area contributed by atoms with Gasteiger partial charge in [-0.05, 0) is 25.3 Å². The van der Waals surface area contributed by atoms with Gasteiger partial charge in [-0.3, -0.25) is 4.68 Å². The van der Waals surface area contributed by atoms with Gasteiger partial charge in [0.25, 0.3) is 0 Å². The number of nitrogens with zero attached hydrogens (tertiary/aromatic N) is 2. The molecule has 0 amide bonds. The highest BCUT2D eigenvalue weighted by atomic mass is 15.3. The van der Waals surface area contributed by atoms with Gasteiger partial charge in [-0.2, -0.15) is 5.10 Å². The van der Waals surface area contributed by atoms with Crippen molar-refractivity contribution in [2.45, 2.75) is 32.4 Å². The molecule has 0 saturated heterocycles. The molecule has 2 N–H and O–H groups in total. The van der Waals surface area contributed by atoms with Crippen LogP contribution >= 0.6 is 0 Å². The quantitative estimate of drug-likeness (QED) is 0.641. The number of fused-ring (bicyclic) bond motifs is 1. The minimum Gasteiger partial charge on any atom is -0.325 e. The molecular formula is C8H13N3. The largest absolute Gasteiger partial charge is 0.325 e. The second kappa shape index (κ2) is 2.66. The van der Waals surface area contributed by atoms with Crippen molar-refractivity contribution in [2.24, 2.45) is 5.73 Å². The standard InChI is InChI=1S/C8H13N3/c9-6-7-5-8-3-1-2-4-11(8)10-7/h5H,1-4,6,9H2. The molecule has 1 aliphatic heterocycles. The lowest BCUT2D eigenvalue weighted by Gasteiger charge is -2.11. The Morgan fingerprint density at radius 3 is 3.18 bits per heavy atom. The number of hydrogen-bond donors (Lipinski definition) is 1. The van der Waals surface area contributed by atoms with Crippen LogP contribution < -0.4 is 5.73 Å². The zero-order valence-corrected chi connectivity index (χ0v) is 6.58. The molecule has 0 unspecified atom stereocenters. The summed E-state index contributed by atoms with van der Waals surface area (Å²) < 4.78 is 2.09. The summed E-state index contributed by atoms with van der Waals surface area (Å²) in [6.07, 6.45) is 3.74. The Hall–Kier alpha value is -0.830. The van der Waals surface area contributed by atoms with Crippen LogP contribution in [0.1, 0.15) is 24.2 Å². The molecule has 2 heterocycles. The molecule has 0 saturated carbocycles. The normalized spacial score (nSPS) is 16.5. The Morgan fingerprint density at radius 1 is 1.55 bits per heavy atom. The lowest BCUT2D eigenvalue weighted by atomic mass is 10.1. The highest BCUT2D eigenvalue weighted by Gasteiger charge is 2.10. The van der Waals surface area contributed by atoms with Gasteiger partial charge in [-0.15, -0.1) is 0 Å². The Morgan fingerprint density at radius 2 is 2.45 bits per heavy atom. The third-order valence-electron chi connectivity index (χ3n) is 2.18. The fraction of sp³-hybridized carbons (Fsp3) is 0.625. The van der Waals surface area contributed by atoms with Gasteiger partial charge in [0.2, 0.25) is 0 Å². The Bertz CT molecular complexity index is 228. The van der Waals surface area contributed by atoms with E-state index in [2.05, 4.69) is 15.8 Å². The van der Waals surface area contributed by atoms with Crippen LogP contribution in [0.25, 0.3) is 0 Å². The lowest BCUT2D eigenvalue weighted by molar-refractivity contribution is 0.483. The average Bonchev–Trinajstić information content (AvgIpc) is 2.46. The summed E-state index contributed by atoms with van der Waals surface area (Å²) in [7, 11) is 0. The van der Waals surface area contributed by atoms with Gasteiger partial charge in [0, 0.05) is 18.8 Å². The predicted octanol–water partition coefficient (Wildman–Crippen LogP) is 0.678. The van der Waals surface area contributed by atoms with Crippen molar-refractivity contribution in [3.63, 3.8) is 0 Å². The van der Waals surface area contributed by atoms with Crippen molar-refractivity contribution >= 4 is 0 Å².